The first-order valence-corrected chi connectivity index (χ1v) is 14.9. The number of para-hydroxylation sites is 1. The van der Waals surface area contributed by atoms with E-state index in [9.17, 15) is 13.2 Å². The highest BCUT2D eigenvalue weighted by Gasteiger charge is 2.21. The van der Waals surface area contributed by atoms with Crippen molar-refractivity contribution in [3.05, 3.63) is 82.8 Å². The second-order valence-corrected chi connectivity index (χ2v) is 12.1. The number of thioether (sulfide) groups is 1. The molecule has 1 heterocycles. The SMILES string of the molecule is CCN(CC)S(=O)(=O)c1ccc(C(=O)NCCSc2c(-c3ccc(Br)cc3)[nH]c3ccccc23)cc1. The molecule has 0 saturated carbocycles. The van der Waals surface area contributed by atoms with Gasteiger partial charge in [0.25, 0.3) is 5.91 Å². The van der Waals surface area contributed by atoms with E-state index < -0.39 is 10.0 Å². The monoisotopic (exact) mass is 585 g/mol. The number of nitrogens with one attached hydrogen (secondary N) is 2. The van der Waals surface area contributed by atoms with Crippen LogP contribution in [0.25, 0.3) is 22.2 Å². The van der Waals surface area contributed by atoms with Crippen molar-refractivity contribution in [2.24, 2.45) is 0 Å². The van der Waals surface area contributed by atoms with Crippen LogP contribution in [0.15, 0.2) is 87.1 Å². The zero-order chi connectivity index (χ0) is 25.7. The molecule has 36 heavy (non-hydrogen) atoms. The summed E-state index contributed by atoms with van der Waals surface area (Å²) in [5.41, 5.74) is 3.66. The van der Waals surface area contributed by atoms with Crippen LogP contribution < -0.4 is 5.32 Å². The Morgan fingerprint density at radius 1 is 0.972 bits per heavy atom. The minimum atomic E-state index is -3.54. The average Bonchev–Trinajstić information content (AvgIpc) is 3.26. The number of nitrogens with zero attached hydrogens (tertiary/aromatic N) is 1. The highest BCUT2D eigenvalue weighted by Crippen LogP contribution is 2.37. The van der Waals surface area contributed by atoms with E-state index in [1.807, 2.05) is 24.3 Å². The molecular weight excluding hydrogens is 558 g/mol. The lowest BCUT2D eigenvalue weighted by molar-refractivity contribution is 0.0956. The van der Waals surface area contributed by atoms with Gasteiger partial charge in [0.15, 0.2) is 0 Å². The van der Waals surface area contributed by atoms with Crippen molar-refractivity contribution in [1.29, 1.82) is 0 Å². The van der Waals surface area contributed by atoms with Gasteiger partial charge in [0.2, 0.25) is 10.0 Å². The first-order chi connectivity index (χ1) is 17.3. The molecule has 0 fully saturated rings. The lowest BCUT2D eigenvalue weighted by atomic mass is 10.1. The van der Waals surface area contributed by atoms with Crippen LogP contribution in [0.4, 0.5) is 0 Å². The third-order valence-corrected chi connectivity index (χ3v) is 9.60. The number of aromatic amines is 1. The fraction of sp³-hybridized carbons (Fsp3) is 0.222. The molecule has 3 aromatic carbocycles. The molecule has 0 radical (unpaired) electrons. The van der Waals surface area contributed by atoms with Crippen LogP contribution in [-0.4, -0.2) is 49.0 Å². The van der Waals surface area contributed by atoms with Crippen LogP contribution in [-0.2, 0) is 10.0 Å². The summed E-state index contributed by atoms with van der Waals surface area (Å²) < 4.78 is 27.7. The number of fused-ring (bicyclic) bond motifs is 1. The van der Waals surface area contributed by atoms with Gasteiger partial charge in [-0.1, -0.05) is 60.1 Å². The number of aromatic nitrogens is 1. The highest BCUT2D eigenvalue weighted by molar-refractivity contribution is 9.10. The van der Waals surface area contributed by atoms with Crippen LogP contribution in [0.1, 0.15) is 24.2 Å². The maximum absolute atomic E-state index is 12.7. The van der Waals surface area contributed by atoms with Crippen LogP contribution in [0.2, 0.25) is 0 Å². The van der Waals surface area contributed by atoms with Crippen LogP contribution in [0.3, 0.4) is 0 Å². The van der Waals surface area contributed by atoms with Gasteiger partial charge in [0.1, 0.15) is 0 Å². The Bertz CT molecular complexity index is 1450. The molecule has 1 aromatic heterocycles. The molecule has 4 rings (SSSR count). The number of hydrogen-bond donors (Lipinski definition) is 2. The summed E-state index contributed by atoms with van der Waals surface area (Å²) in [4.78, 5) is 17.5. The Morgan fingerprint density at radius 2 is 1.64 bits per heavy atom. The third kappa shape index (κ3) is 5.70. The van der Waals surface area contributed by atoms with Crippen LogP contribution in [0, 0.1) is 0 Å². The predicted octanol–water partition coefficient (Wildman–Crippen LogP) is 6.15. The summed E-state index contributed by atoms with van der Waals surface area (Å²) in [7, 11) is -3.54. The summed E-state index contributed by atoms with van der Waals surface area (Å²) in [5.74, 6) is 0.459. The van der Waals surface area contributed by atoms with Gasteiger partial charge in [-0.2, -0.15) is 4.31 Å². The van der Waals surface area contributed by atoms with Crippen molar-refractivity contribution in [2.75, 3.05) is 25.4 Å². The Labute approximate surface area is 224 Å². The quantitative estimate of drug-likeness (QED) is 0.173. The van der Waals surface area contributed by atoms with Crippen molar-refractivity contribution in [3.8, 4) is 11.3 Å². The topological polar surface area (TPSA) is 82.3 Å². The Balaban J connectivity index is 1.41. The molecule has 0 aliphatic rings. The Morgan fingerprint density at radius 3 is 2.31 bits per heavy atom. The fourth-order valence-electron chi connectivity index (χ4n) is 4.00. The normalized spacial score (nSPS) is 11.8. The van der Waals surface area contributed by atoms with Crippen molar-refractivity contribution >= 4 is 54.5 Å². The predicted molar refractivity (Wildman–Crippen MR) is 151 cm³/mol. The van der Waals surface area contributed by atoms with Crippen LogP contribution in [0.5, 0.6) is 0 Å². The molecule has 0 aliphatic carbocycles. The first kappa shape index (κ1) is 26.5. The van der Waals surface area contributed by atoms with E-state index in [1.165, 1.54) is 16.4 Å². The van der Waals surface area contributed by atoms with Crippen LogP contribution >= 0.6 is 27.7 Å². The number of carbonyl (C=O) groups is 1. The van der Waals surface area contributed by atoms with E-state index in [4.69, 9.17) is 0 Å². The standard InChI is InChI=1S/C27H28BrN3O3S2/c1-3-31(4-2)36(33,34)22-15-11-20(12-16-22)27(32)29-17-18-35-26-23-7-5-6-8-24(23)30-25(26)19-9-13-21(28)14-10-19/h5-16,30H,3-4,17-18H2,1-2H3,(H,29,32). The highest BCUT2D eigenvalue weighted by atomic mass is 79.9. The average molecular weight is 587 g/mol. The van der Waals surface area contributed by atoms with E-state index in [0.717, 1.165) is 31.5 Å². The number of rotatable bonds is 10. The molecule has 0 spiro atoms. The molecule has 188 valence electrons. The van der Waals surface area contributed by atoms with Gasteiger partial charge in [0.05, 0.1) is 10.6 Å². The molecule has 9 heteroatoms. The summed E-state index contributed by atoms with van der Waals surface area (Å²) in [6, 6.07) is 22.5. The van der Waals surface area contributed by atoms with E-state index in [0.29, 0.717) is 31.0 Å². The number of amides is 1. The van der Waals surface area contributed by atoms with Gasteiger partial charge in [-0.25, -0.2) is 8.42 Å². The molecule has 0 unspecified atom stereocenters. The molecule has 4 aromatic rings. The lowest BCUT2D eigenvalue weighted by Gasteiger charge is -2.18. The van der Waals surface area contributed by atoms with Gasteiger partial charge >= 0.3 is 0 Å². The number of sulfonamides is 1. The van der Waals surface area contributed by atoms with E-state index in [1.54, 1.807) is 37.7 Å². The zero-order valence-electron chi connectivity index (χ0n) is 20.1. The zero-order valence-corrected chi connectivity index (χ0v) is 23.3. The minimum Gasteiger partial charge on any atom is -0.354 e. The fourth-order valence-corrected chi connectivity index (χ4v) is 6.77. The maximum Gasteiger partial charge on any atom is 0.251 e. The molecule has 1 amide bonds. The number of H-pyrrole nitrogens is 1. The van der Waals surface area contributed by atoms with E-state index >= 15 is 0 Å². The van der Waals surface area contributed by atoms with Gasteiger partial charge in [-0.05, 0) is 48.0 Å². The second-order valence-electron chi connectivity index (χ2n) is 8.10. The molecular formula is C27H28BrN3O3S2. The number of halogens is 1. The van der Waals surface area contributed by atoms with Crippen molar-refractivity contribution in [1.82, 2.24) is 14.6 Å². The van der Waals surface area contributed by atoms with Gasteiger partial charge in [-0.3, -0.25) is 4.79 Å². The largest absolute Gasteiger partial charge is 0.354 e. The molecule has 6 nitrogen and oxygen atoms in total. The van der Waals surface area contributed by atoms with Crippen molar-refractivity contribution in [3.63, 3.8) is 0 Å². The summed E-state index contributed by atoms with van der Waals surface area (Å²) in [6.07, 6.45) is 0. The smallest absolute Gasteiger partial charge is 0.251 e. The molecule has 2 N–H and O–H groups in total. The number of hydrogen-bond acceptors (Lipinski definition) is 4. The number of carbonyl (C=O) groups excluding carboxylic acids is 1. The molecule has 0 saturated heterocycles. The second kappa shape index (κ2) is 11.6. The summed E-state index contributed by atoms with van der Waals surface area (Å²) >= 11 is 5.18. The van der Waals surface area contributed by atoms with Crippen molar-refractivity contribution < 1.29 is 13.2 Å². The van der Waals surface area contributed by atoms with Gasteiger partial charge < -0.3 is 10.3 Å². The molecule has 0 aliphatic heterocycles. The van der Waals surface area contributed by atoms with Gasteiger partial charge in [0, 0.05) is 51.2 Å². The minimum absolute atomic E-state index is 0.193. The van der Waals surface area contributed by atoms with E-state index in [-0.39, 0.29) is 10.8 Å². The van der Waals surface area contributed by atoms with E-state index in [2.05, 4.69) is 50.5 Å². The molecule has 0 atom stereocenters. The summed E-state index contributed by atoms with van der Waals surface area (Å²) in [6.45, 7) is 4.89. The summed E-state index contributed by atoms with van der Waals surface area (Å²) in [5, 5.41) is 4.09. The lowest BCUT2D eigenvalue weighted by Crippen LogP contribution is -2.30. The first-order valence-electron chi connectivity index (χ1n) is 11.7. The van der Waals surface area contributed by atoms with Gasteiger partial charge in [-0.15, -0.1) is 11.8 Å². The third-order valence-electron chi connectivity index (χ3n) is 5.89. The number of benzene rings is 3. The Hall–Kier alpha value is -2.59. The van der Waals surface area contributed by atoms with Crippen molar-refractivity contribution in [2.45, 2.75) is 23.6 Å². The molecule has 0 bridgehead atoms. The Kier molecular flexibility index (Phi) is 8.56. The maximum atomic E-state index is 12.7.